The quantitative estimate of drug-likeness (QED) is 0.545. The molecule has 6 heteroatoms. The third-order valence-corrected chi connectivity index (χ3v) is 4.33. The zero-order valence-corrected chi connectivity index (χ0v) is 11.9. The van der Waals surface area contributed by atoms with Crippen LogP contribution in [-0.2, 0) is 29.1 Å². The van der Waals surface area contributed by atoms with Crippen molar-refractivity contribution in [2.24, 2.45) is 0 Å². The van der Waals surface area contributed by atoms with Gasteiger partial charge in [0.05, 0.1) is 0 Å². The summed E-state index contributed by atoms with van der Waals surface area (Å²) in [6, 6.07) is 0. The van der Waals surface area contributed by atoms with E-state index in [1.807, 2.05) is 0 Å². The van der Waals surface area contributed by atoms with Gasteiger partial charge in [-0.3, -0.25) is 4.79 Å². The summed E-state index contributed by atoms with van der Waals surface area (Å²) in [7, 11) is 0. The van der Waals surface area contributed by atoms with E-state index >= 15 is 0 Å². The Labute approximate surface area is 118 Å². The summed E-state index contributed by atoms with van der Waals surface area (Å²) in [5.41, 5.74) is 0. The van der Waals surface area contributed by atoms with Crippen LogP contribution in [0, 0.1) is 0 Å². The van der Waals surface area contributed by atoms with Gasteiger partial charge in [-0.2, -0.15) is 19.6 Å². The van der Waals surface area contributed by atoms with Gasteiger partial charge in [0, 0.05) is 32.6 Å². The molecule has 114 valence electrons. The molecule has 2 saturated carbocycles. The molecule has 1 aliphatic heterocycles. The number of rotatable bonds is 1. The van der Waals surface area contributed by atoms with E-state index in [9.17, 15) is 4.79 Å². The van der Waals surface area contributed by atoms with E-state index in [1.165, 1.54) is 13.3 Å². The van der Waals surface area contributed by atoms with E-state index in [0.717, 1.165) is 25.7 Å². The van der Waals surface area contributed by atoms with Crippen molar-refractivity contribution >= 4 is 5.97 Å². The molecule has 0 radical (unpaired) electrons. The minimum absolute atomic E-state index is 0.0594. The normalized spacial score (nSPS) is 29.4. The molecule has 0 atom stereocenters. The van der Waals surface area contributed by atoms with Crippen LogP contribution in [0.5, 0.6) is 0 Å². The average Bonchev–Trinajstić information content (AvgIpc) is 2.46. The van der Waals surface area contributed by atoms with Crippen molar-refractivity contribution in [3.05, 3.63) is 0 Å². The van der Waals surface area contributed by atoms with Crippen LogP contribution in [0.25, 0.3) is 0 Å². The first-order chi connectivity index (χ1) is 9.62. The topological polar surface area (TPSA) is 63.2 Å². The first-order valence-electron chi connectivity index (χ1n) is 7.52. The zero-order chi connectivity index (χ0) is 14.1. The van der Waals surface area contributed by atoms with E-state index < -0.39 is 11.6 Å². The van der Waals surface area contributed by atoms with Gasteiger partial charge < -0.3 is 4.74 Å². The summed E-state index contributed by atoms with van der Waals surface area (Å²) in [5.74, 6) is -1.79. The lowest BCUT2D eigenvalue weighted by Gasteiger charge is -2.46. The van der Waals surface area contributed by atoms with Crippen molar-refractivity contribution in [1.29, 1.82) is 0 Å². The molecule has 0 unspecified atom stereocenters. The molecule has 3 aliphatic rings. The van der Waals surface area contributed by atoms with Crippen LogP contribution >= 0.6 is 0 Å². The highest BCUT2D eigenvalue weighted by Crippen LogP contribution is 2.44. The average molecular weight is 286 g/mol. The number of hydrogen-bond acceptors (Lipinski definition) is 6. The van der Waals surface area contributed by atoms with Gasteiger partial charge in [-0.15, -0.1) is 0 Å². The summed E-state index contributed by atoms with van der Waals surface area (Å²) in [6.07, 6.45) is 7.46. The van der Waals surface area contributed by atoms with Gasteiger partial charge in [0.1, 0.15) is 6.10 Å². The molecule has 0 amide bonds. The Hall–Kier alpha value is -0.690. The fourth-order valence-corrected chi connectivity index (χ4v) is 3.14. The molecule has 0 N–H and O–H groups in total. The molecule has 0 aromatic heterocycles. The summed E-state index contributed by atoms with van der Waals surface area (Å²) in [6.45, 7) is 1.43. The fraction of sp³-hybridized carbons (Fsp3) is 0.929. The van der Waals surface area contributed by atoms with Gasteiger partial charge in [-0.25, -0.2) is 0 Å². The molecule has 20 heavy (non-hydrogen) atoms. The van der Waals surface area contributed by atoms with E-state index in [0.29, 0.717) is 25.7 Å². The summed E-state index contributed by atoms with van der Waals surface area (Å²) in [4.78, 5) is 33.2. The number of ether oxygens (including phenoxy) is 1. The van der Waals surface area contributed by atoms with Gasteiger partial charge in [-0.05, 0) is 25.7 Å². The van der Waals surface area contributed by atoms with Crippen molar-refractivity contribution < 1.29 is 29.1 Å². The lowest BCUT2D eigenvalue weighted by molar-refractivity contribution is -0.663. The zero-order valence-electron chi connectivity index (χ0n) is 11.9. The minimum atomic E-state index is -0.834. The summed E-state index contributed by atoms with van der Waals surface area (Å²) in [5, 5.41) is 0. The maximum absolute atomic E-state index is 10.9. The Morgan fingerprint density at radius 2 is 1.40 bits per heavy atom. The van der Waals surface area contributed by atoms with Crippen molar-refractivity contribution in [3.63, 3.8) is 0 Å². The van der Waals surface area contributed by atoms with Gasteiger partial charge >= 0.3 is 5.97 Å². The standard InChI is InChI=1S/C14H22O6/c1-11(15)16-12-5-9-14(10-6-12)19-17-13(18-20-14)7-3-2-4-8-13/h12H,2-10H2,1H3. The molecule has 2 spiro atoms. The predicted molar refractivity (Wildman–Crippen MR) is 66.9 cm³/mol. The van der Waals surface area contributed by atoms with Gasteiger partial charge in [0.2, 0.25) is 11.6 Å². The number of esters is 1. The SMILES string of the molecule is CC(=O)OC1CCC2(CC1)OOC1(CCCCC1)OO2. The first kappa shape index (κ1) is 14.3. The monoisotopic (exact) mass is 286 g/mol. The molecule has 1 saturated heterocycles. The fourth-order valence-electron chi connectivity index (χ4n) is 3.14. The lowest BCUT2D eigenvalue weighted by Crippen LogP contribution is -2.53. The van der Waals surface area contributed by atoms with Crippen molar-refractivity contribution in [3.8, 4) is 0 Å². The summed E-state index contributed by atoms with van der Waals surface area (Å²) < 4.78 is 5.20. The largest absolute Gasteiger partial charge is 0.463 e. The molecular formula is C14H22O6. The maximum atomic E-state index is 10.9. The Bertz CT molecular complexity index is 343. The van der Waals surface area contributed by atoms with Crippen LogP contribution in [0.2, 0.25) is 0 Å². The van der Waals surface area contributed by atoms with Crippen LogP contribution in [0.4, 0.5) is 0 Å². The molecule has 0 aromatic rings. The van der Waals surface area contributed by atoms with Crippen molar-refractivity contribution in [2.45, 2.75) is 82.4 Å². The van der Waals surface area contributed by atoms with Gasteiger partial charge in [0.15, 0.2) is 0 Å². The van der Waals surface area contributed by atoms with Crippen LogP contribution < -0.4 is 0 Å². The molecule has 1 heterocycles. The van der Waals surface area contributed by atoms with E-state index in [4.69, 9.17) is 24.3 Å². The highest BCUT2D eigenvalue weighted by atomic mass is 17.4. The molecule has 0 aromatic carbocycles. The highest BCUT2D eigenvalue weighted by Gasteiger charge is 2.51. The molecule has 0 bridgehead atoms. The van der Waals surface area contributed by atoms with Crippen LogP contribution in [-0.4, -0.2) is 23.6 Å². The molecule has 2 aliphatic carbocycles. The van der Waals surface area contributed by atoms with Crippen molar-refractivity contribution in [2.75, 3.05) is 0 Å². The van der Waals surface area contributed by atoms with Gasteiger partial charge in [0.25, 0.3) is 0 Å². The second kappa shape index (κ2) is 5.60. The lowest BCUT2D eigenvalue weighted by atomic mass is 9.91. The van der Waals surface area contributed by atoms with Crippen LogP contribution in [0.3, 0.4) is 0 Å². The molecule has 3 fully saturated rings. The molecule has 6 nitrogen and oxygen atoms in total. The molecule has 3 rings (SSSR count). The first-order valence-corrected chi connectivity index (χ1v) is 7.52. The Morgan fingerprint density at radius 1 is 0.900 bits per heavy atom. The Kier molecular flexibility index (Phi) is 3.99. The summed E-state index contributed by atoms with van der Waals surface area (Å²) >= 11 is 0. The molecular weight excluding hydrogens is 264 g/mol. The number of carbonyl (C=O) groups is 1. The Morgan fingerprint density at radius 3 is 1.90 bits per heavy atom. The van der Waals surface area contributed by atoms with Gasteiger partial charge in [-0.1, -0.05) is 6.42 Å². The predicted octanol–water partition coefficient (Wildman–Crippen LogP) is 2.76. The minimum Gasteiger partial charge on any atom is -0.463 e. The van der Waals surface area contributed by atoms with E-state index in [1.54, 1.807) is 0 Å². The van der Waals surface area contributed by atoms with Crippen molar-refractivity contribution in [1.82, 2.24) is 0 Å². The third-order valence-electron chi connectivity index (χ3n) is 4.33. The smallest absolute Gasteiger partial charge is 0.302 e. The maximum Gasteiger partial charge on any atom is 0.302 e. The van der Waals surface area contributed by atoms with E-state index in [-0.39, 0.29) is 12.1 Å². The number of hydrogen-bond donors (Lipinski definition) is 0. The Balaban J connectivity index is 1.52. The highest BCUT2D eigenvalue weighted by molar-refractivity contribution is 5.66. The number of carbonyl (C=O) groups excluding carboxylic acids is 1. The van der Waals surface area contributed by atoms with E-state index in [2.05, 4.69) is 0 Å². The van der Waals surface area contributed by atoms with Crippen LogP contribution in [0.1, 0.15) is 64.7 Å². The second-order valence-electron chi connectivity index (χ2n) is 6.02. The van der Waals surface area contributed by atoms with Crippen LogP contribution in [0.15, 0.2) is 0 Å². The second-order valence-corrected chi connectivity index (χ2v) is 6.02. The third kappa shape index (κ3) is 2.98.